The lowest BCUT2D eigenvalue weighted by molar-refractivity contribution is -0.119. The molecule has 0 saturated carbocycles. The third-order valence-electron chi connectivity index (χ3n) is 4.69. The Bertz CT molecular complexity index is 1130. The van der Waals surface area contributed by atoms with Gasteiger partial charge < -0.3 is 10.6 Å². The SMILES string of the molecule is CC[C@@H](C)[C@@H](NC(=O)Nc1ccc(F)cc1F)C(=O)Nc1nnc(-c2cccc(Cl)c2)s1. The van der Waals surface area contributed by atoms with Gasteiger partial charge in [0.25, 0.3) is 0 Å². The average molecular weight is 480 g/mol. The molecule has 11 heteroatoms. The second-order valence-corrected chi connectivity index (χ2v) is 8.41. The maximum Gasteiger partial charge on any atom is 0.319 e. The Kier molecular flexibility index (Phi) is 7.70. The molecule has 32 heavy (non-hydrogen) atoms. The molecular weight excluding hydrogens is 460 g/mol. The van der Waals surface area contributed by atoms with E-state index in [9.17, 15) is 18.4 Å². The smallest absolute Gasteiger partial charge is 0.319 e. The lowest BCUT2D eigenvalue weighted by Gasteiger charge is -2.23. The fraction of sp³-hybridized carbons (Fsp3) is 0.238. The highest BCUT2D eigenvalue weighted by atomic mass is 35.5. The van der Waals surface area contributed by atoms with E-state index in [1.807, 2.05) is 13.0 Å². The molecule has 2 aromatic carbocycles. The van der Waals surface area contributed by atoms with E-state index in [2.05, 4.69) is 26.1 Å². The summed E-state index contributed by atoms with van der Waals surface area (Å²) in [5.41, 5.74) is 0.551. The Labute approximate surface area is 192 Å². The van der Waals surface area contributed by atoms with E-state index >= 15 is 0 Å². The molecule has 3 aromatic rings. The van der Waals surface area contributed by atoms with Crippen LogP contribution in [0.3, 0.4) is 0 Å². The highest BCUT2D eigenvalue weighted by Crippen LogP contribution is 2.28. The quantitative estimate of drug-likeness (QED) is 0.427. The molecule has 0 unspecified atom stereocenters. The van der Waals surface area contributed by atoms with E-state index in [0.29, 0.717) is 22.5 Å². The van der Waals surface area contributed by atoms with Gasteiger partial charge in [0.1, 0.15) is 22.7 Å². The zero-order chi connectivity index (χ0) is 23.3. The molecule has 168 valence electrons. The lowest BCUT2D eigenvalue weighted by Crippen LogP contribution is -2.49. The van der Waals surface area contributed by atoms with Gasteiger partial charge >= 0.3 is 6.03 Å². The number of rotatable bonds is 7. The highest BCUT2D eigenvalue weighted by Gasteiger charge is 2.27. The standard InChI is InChI=1S/C21H20ClF2N5O2S/c1-3-11(2)17(26-20(31)25-16-8-7-14(23)10-15(16)24)18(30)27-21-29-28-19(32-21)12-5-4-6-13(22)9-12/h4-11,17H,3H2,1-2H3,(H2,25,26,31)(H,27,29,30)/t11-,17-/m1/s1. The van der Waals surface area contributed by atoms with Gasteiger partial charge in [-0.25, -0.2) is 13.6 Å². The predicted molar refractivity (Wildman–Crippen MR) is 121 cm³/mol. The molecule has 0 spiro atoms. The summed E-state index contributed by atoms with van der Waals surface area (Å²) in [5.74, 6) is -2.42. The first-order valence-electron chi connectivity index (χ1n) is 9.69. The van der Waals surface area contributed by atoms with Crippen molar-refractivity contribution in [3.05, 3.63) is 59.1 Å². The maximum atomic E-state index is 13.8. The largest absolute Gasteiger partial charge is 0.326 e. The van der Waals surface area contributed by atoms with Crippen LogP contribution in [0.1, 0.15) is 20.3 Å². The van der Waals surface area contributed by atoms with Crippen molar-refractivity contribution in [1.29, 1.82) is 0 Å². The van der Waals surface area contributed by atoms with Crippen LogP contribution in [-0.4, -0.2) is 28.2 Å². The number of amides is 3. The Morgan fingerprint density at radius 3 is 2.59 bits per heavy atom. The summed E-state index contributed by atoms with van der Waals surface area (Å²) in [7, 11) is 0. The Morgan fingerprint density at radius 2 is 1.91 bits per heavy atom. The molecule has 3 rings (SSSR count). The topological polar surface area (TPSA) is 96.0 Å². The lowest BCUT2D eigenvalue weighted by atomic mass is 9.98. The Hall–Kier alpha value is -3.11. The summed E-state index contributed by atoms with van der Waals surface area (Å²) < 4.78 is 26.9. The molecule has 0 bridgehead atoms. The number of urea groups is 1. The number of hydrogen-bond donors (Lipinski definition) is 3. The highest BCUT2D eigenvalue weighted by molar-refractivity contribution is 7.18. The maximum absolute atomic E-state index is 13.8. The van der Waals surface area contributed by atoms with Crippen LogP contribution in [0.15, 0.2) is 42.5 Å². The van der Waals surface area contributed by atoms with E-state index in [-0.39, 0.29) is 16.7 Å². The Morgan fingerprint density at radius 1 is 1.12 bits per heavy atom. The zero-order valence-electron chi connectivity index (χ0n) is 17.2. The van der Waals surface area contributed by atoms with Crippen LogP contribution in [0, 0.1) is 17.6 Å². The van der Waals surface area contributed by atoms with Gasteiger partial charge in [-0.3, -0.25) is 10.1 Å². The van der Waals surface area contributed by atoms with Crippen LogP contribution < -0.4 is 16.0 Å². The second kappa shape index (κ2) is 10.5. The molecule has 0 aliphatic carbocycles. The zero-order valence-corrected chi connectivity index (χ0v) is 18.7. The third kappa shape index (κ3) is 5.98. The molecular formula is C21H20ClF2N5O2S. The van der Waals surface area contributed by atoms with Crippen LogP contribution in [-0.2, 0) is 4.79 Å². The number of nitrogens with one attached hydrogen (secondary N) is 3. The van der Waals surface area contributed by atoms with Crippen LogP contribution in [0.2, 0.25) is 5.02 Å². The van der Waals surface area contributed by atoms with Crippen LogP contribution in [0.25, 0.3) is 10.6 Å². The minimum atomic E-state index is -0.929. The summed E-state index contributed by atoms with van der Waals surface area (Å²) in [6.45, 7) is 3.66. The van der Waals surface area contributed by atoms with Gasteiger partial charge in [0.2, 0.25) is 11.0 Å². The first kappa shape index (κ1) is 23.6. The van der Waals surface area contributed by atoms with Crippen molar-refractivity contribution in [2.75, 3.05) is 10.6 Å². The number of aromatic nitrogens is 2. The summed E-state index contributed by atoms with van der Waals surface area (Å²) >= 11 is 7.16. The molecule has 0 radical (unpaired) electrons. The molecule has 0 aliphatic heterocycles. The van der Waals surface area contributed by atoms with Crippen molar-refractivity contribution in [2.24, 2.45) is 5.92 Å². The summed E-state index contributed by atoms with van der Waals surface area (Å²) in [4.78, 5) is 25.2. The van der Waals surface area contributed by atoms with E-state index < -0.39 is 29.6 Å². The molecule has 1 aromatic heterocycles. The predicted octanol–water partition coefficient (Wildman–Crippen LogP) is 5.31. The third-order valence-corrected chi connectivity index (χ3v) is 5.81. The minimum absolute atomic E-state index is 0.206. The van der Waals surface area contributed by atoms with Crippen molar-refractivity contribution in [2.45, 2.75) is 26.3 Å². The fourth-order valence-corrected chi connectivity index (χ4v) is 3.72. The van der Waals surface area contributed by atoms with Crippen molar-refractivity contribution in [3.63, 3.8) is 0 Å². The summed E-state index contributed by atoms with van der Waals surface area (Å²) in [5, 5.41) is 16.9. The number of hydrogen-bond acceptors (Lipinski definition) is 5. The molecule has 0 aliphatic rings. The molecule has 7 nitrogen and oxygen atoms in total. The van der Waals surface area contributed by atoms with Gasteiger partial charge in [0, 0.05) is 16.7 Å². The first-order chi connectivity index (χ1) is 15.3. The monoisotopic (exact) mass is 479 g/mol. The normalized spacial score (nSPS) is 12.7. The van der Waals surface area contributed by atoms with Crippen molar-refractivity contribution >= 4 is 45.7 Å². The number of carbonyl (C=O) groups is 2. The van der Waals surface area contributed by atoms with Gasteiger partial charge in [0.05, 0.1) is 5.69 Å². The van der Waals surface area contributed by atoms with E-state index in [1.54, 1.807) is 25.1 Å². The van der Waals surface area contributed by atoms with Gasteiger partial charge in [0.15, 0.2) is 0 Å². The molecule has 3 amide bonds. The van der Waals surface area contributed by atoms with Gasteiger partial charge in [-0.15, -0.1) is 10.2 Å². The van der Waals surface area contributed by atoms with E-state index in [1.165, 1.54) is 0 Å². The van der Waals surface area contributed by atoms with E-state index in [0.717, 1.165) is 29.0 Å². The van der Waals surface area contributed by atoms with Gasteiger partial charge in [-0.05, 0) is 30.2 Å². The van der Waals surface area contributed by atoms with Crippen molar-refractivity contribution < 1.29 is 18.4 Å². The van der Waals surface area contributed by atoms with E-state index in [4.69, 9.17) is 11.6 Å². The molecule has 0 saturated heterocycles. The molecule has 1 heterocycles. The number of halogens is 3. The molecule has 0 fully saturated rings. The average Bonchev–Trinajstić information content (AvgIpc) is 3.22. The van der Waals surface area contributed by atoms with Gasteiger partial charge in [-0.1, -0.05) is 55.3 Å². The van der Waals surface area contributed by atoms with Gasteiger partial charge in [-0.2, -0.15) is 0 Å². The second-order valence-electron chi connectivity index (χ2n) is 7.00. The van der Waals surface area contributed by atoms with Crippen LogP contribution >= 0.6 is 22.9 Å². The number of anilines is 2. The van der Waals surface area contributed by atoms with Crippen LogP contribution in [0.5, 0.6) is 0 Å². The molecule has 3 N–H and O–H groups in total. The summed E-state index contributed by atoms with van der Waals surface area (Å²) in [6, 6.07) is 8.11. The Balaban J connectivity index is 1.69. The number of carbonyl (C=O) groups excluding carboxylic acids is 2. The van der Waals surface area contributed by atoms with Crippen molar-refractivity contribution in [3.8, 4) is 10.6 Å². The minimum Gasteiger partial charge on any atom is -0.326 e. The van der Waals surface area contributed by atoms with Crippen LogP contribution in [0.4, 0.5) is 24.4 Å². The molecule has 2 atom stereocenters. The summed E-state index contributed by atoms with van der Waals surface area (Å²) in [6.07, 6.45) is 0.590. The number of nitrogens with zero attached hydrogens (tertiary/aromatic N) is 2. The first-order valence-corrected chi connectivity index (χ1v) is 10.9. The number of benzene rings is 2. The fourth-order valence-electron chi connectivity index (χ4n) is 2.79. The van der Waals surface area contributed by atoms with Crippen molar-refractivity contribution in [1.82, 2.24) is 15.5 Å².